The Bertz CT molecular complexity index is 488. The number of benzene rings is 1. The number of likely N-dealkylation sites (tertiary alicyclic amines) is 1. The lowest BCUT2D eigenvalue weighted by Gasteiger charge is -2.31. The van der Waals surface area contributed by atoms with Crippen LogP contribution in [0.15, 0.2) is 12.1 Å². The maximum atomic E-state index is 13.6. The Morgan fingerprint density at radius 1 is 1.32 bits per heavy atom. The zero-order chi connectivity index (χ0) is 14.0. The Morgan fingerprint density at radius 2 is 1.95 bits per heavy atom. The summed E-state index contributed by atoms with van der Waals surface area (Å²) < 4.78 is 27.0. The molecule has 1 aromatic carbocycles. The summed E-state index contributed by atoms with van der Waals surface area (Å²) in [6.07, 6.45) is 1.42. The summed E-state index contributed by atoms with van der Waals surface area (Å²) in [5, 5.41) is 9.04. The summed E-state index contributed by atoms with van der Waals surface area (Å²) in [5.41, 5.74) is -0.0896. The van der Waals surface area contributed by atoms with Crippen molar-refractivity contribution < 1.29 is 18.7 Å². The molecule has 1 aliphatic heterocycles. The zero-order valence-electron chi connectivity index (χ0n) is 10.2. The van der Waals surface area contributed by atoms with Crippen LogP contribution in [0.5, 0.6) is 0 Å². The van der Waals surface area contributed by atoms with Gasteiger partial charge in [0.15, 0.2) is 0 Å². The smallest absolute Gasteiger partial charge is 0.256 e. The van der Waals surface area contributed by atoms with E-state index in [1.165, 1.54) is 6.07 Å². The topological polar surface area (TPSA) is 40.5 Å². The minimum Gasteiger partial charge on any atom is -0.396 e. The number of hydrogen-bond donors (Lipinski definition) is 1. The molecule has 6 heteroatoms. The number of aliphatic hydroxyl groups excluding tert-OH is 1. The van der Waals surface area contributed by atoms with Crippen LogP contribution in [0, 0.1) is 21.1 Å². The highest BCUT2D eigenvalue weighted by Crippen LogP contribution is 2.22. The first-order valence-electron chi connectivity index (χ1n) is 6.07. The van der Waals surface area contributed by atoms with Gasteiger partial charge >= 0.3 is 0 Å². The Morgan fingerprint density at radius 3 is 2.53 bits per heavy atom. The van der Waals surface area contributed by atoms with Gasteiger partial charge in [0.1, 0.15) is 11.6 Å². The molecule has 1 saturated heterocycles. The first-order valence-corrected chi connectivity index (χ1v) is 7.15. The molecule has 1 aliphatic rings. The van der Waals surface area contributed by atoms with E-state index in [4.69, 9.17) is 5.11 Å². The second kappa shape index (κ2) is 6.13. The number of carbonyl (C=O) groups excluding carboxylic acids is 1. The lowest BCUT2D eigenvalue weighted by molar-refractivity contribution is 0.0646. The van der Waals surface area contributed by atoms with Crippen LogP contribution < -0.4 is 0 Å². The van der Waals surface area contributed by atoms with Crippen LogP contribution in [-0.4, -0.2) is 35.6 Å². The molecule has 104 valence electrons. The highest BCUT2D eigenvalue weighted by Gasteiger charge is 2.25. The maximum absolute atomic E-state index is 13.6. The van der Waals surface area contributed by atoms with Gasteiger partial charge in [-0.05, 0) is 47.4 Å². The molecule has 0 bridgehead atoms. The second-order valence-corrected chi connectivity index (χ2v) is 5.83. The highest BCUT2D eigenvalue weighted by atomic mass is 127. The van der Waals surface area contributed by atoms with E-state index in [9.17, 15) is 13.6 Å². The van der Waals surface area contributed by atoms with E-state index in [0.29, 0.717) is 25.9 Å². The van der Waals surface area contributed by atoms with Crippen molar-refractivity contribution >= 4 is 28.5 Å². The zero-order valence-corrected chi connectivity index (χ0v) is 12.4. The van der Waals surface area contributed by atoms with Crippen molar-refractivity contribution in [3.8, 4) is 0 Å². The molecule has 0 unspecified atom stereocenters. The molecular weight excluding hydrogens is 367 g/mol. The van der Waals surface area contributed by atoms with E-state index in [0.717, 1.165) is 6.07 Å². The molecule has 1 amide bonds. The lowest BCUT2D eigenvalue weighted by atomic mass is 9.97. The fourth-order valence-corrected chi connectivity index (χ4v) is 2.64. The van der Waals surface area contributed by atoms with E-state index >= 15 is 0 Å². The lowest BCUT2D eigenvalue weighted by Crippen LogP contribution is -2.39. The van der Waals surface area contributed by atoms with E-state index in [1.807, 2.05) is 0 Å². The summed E-state index contributed by atoms with van der Waals surface area (Å²) >= 11 is 1.73. The van der Waals surface area contributed by atoms with Crippen molar-refractivity contribution in [3.63, 3.8) is 0 Å². The number of nitrogens with zero attached hydrogens (tertiary/aromatic N) is 1. The fraction of sp³-hybridized carbons (Fsp3) is 0.462. The van der Waals surface area contributed by atoms with Crippen molar-refractivity contribution in [2.45, 2.75) is 12.8 Å². The van der Waals surface area contributed by atoms with Gasteiger partial charge in [-0.25, -0.2) is 8.78 Å². The first kappa shape index (κ1) is 14.6. The molecule has 0 aromatic heterocycles. The van der Waals surface area contributed by atoms with Crippen molar-refractivity contribution in [1.82, 2.24) is 4.90 Å². The molecule has 1 N–H and O–H groups in total. The van der Waals surface area contributed by atoms with Gasteiger partial charge in [0.2, 0.25) is 0 Å². The Balaban J connectivity index is 2.14. The van der Waals surface area contributed by atoms with Crippen LogP contribution >= 0.6 is 22.6 Å². The molecule has 0 atom stereocenters. The molecular formula is C13H14F2INO2. The van der Waals surface area contributed by atoms with E-state index < -0.39 is 17.5 Å². The Kier molecular flexibility index (Phi) is 4.72. The third kappa shape index (κ3) is 3.22. The number of amides is 1. The molecule has 2 rings (SSSR count). The summed E-state index contributed by atoms with van der Waals surface area (Å²) in [6, 6.07) is 1.99. The Labute approximate surface area is 123 Å². The summed E-state index contributed by atoms with van der Waals surface area (Å²) in [4.78, 5) is 13.7. The molecule has 19 heavy (non-hydrogen) atoms. The van der Waals surface area contributed by atoms with Crippen molar-refractivity contribution in [3.05, 3.63) is 32.9 Å². The normalized spacial score (nSPS) is 16.7. The molecule has 1 fully saturated rings. The second-order valence-electron chi connectivity index (χ2n) is 4.66. The molecule has 3 nitrogen and oxygen atoms in total. The average Bonchev–Trinajstić information content (AvgIpc) is 2.42. The fourth-order valence-electron chi connectivity index (χ4n) is 2.18. The number of aliphatic hydroxyl groups is 1. The van der Waals surface area contributed by atoms with Crippen LogP contribution in [0.3, 0.4) is 0 Å². The minimum atomic E-state index is -0.827. The summed E-state index contributed by atoms with van der Waals surface area (Å²) in [5.74, 6) is -1.69. The van der Waals surface area contributed by atoms with Gasteiger partial charge in [0.25, 0.3) is 5.91 Å². The van der Waals surface area contributed by atoms with Gasteiger partial charge in [-0.3, -0.25) is 4.79 Å². The van der Waals surface area contributed by atoms with Crippen molar-refractivity contribution in [2.75, 3.05) is 19.7 Å². The van der Waals surface area contributed by atoms with Gasteiger partial charge in [-0.15, -0.1) is 0 Å². The van der Waals surface area contributed by atoms with Crippen molar-refractivity contribution in [2.24, 2.45) is 5.92 Å². The maximum Gasteiger partial charge on any atom is 0.256 e. The number of rotatable bonds is 2. The van der Waals surface area contributed by atoms with Crippen LogP contribution in [0.4, 0.5) is 8.78 Å². The highest BCUT2D eigenvalue weighted by molar-refractivity contribution is 14.1. The first-order chi connectivity index (χ1) is 9.02. The molecule has 0 saturated carbocycles. The van der Waals surface area contributed by atoms with Crippen LogP contribution in [-0.2, 0) is 0 Å². The van der Waals surface area contributed by atoms with E-state index in [-0.39, 0.29) is 21.7 Å². The summed E-state index contributed by atoms with van der Waals surface area (Å²) in [6.45, 7) is 1.11. The molecule has 1 aromatic rings. The summed E-state index contributed by atoms with van der Waals surface area (Å²) in [7, 11) is 0. The third-order valence-corrected chi connectivity index (χ3v) is 4.23. The van der Waals surface area contributed by atoms with E-state index in [1.54, 1.807) is 27.5 Å². The van der Waals surface area contributed by atoms with Crippen molar-refractivity contribution in [1.29, 1.82) is 0 Å². The largest absolute Gasteiger partial charge is 0.396 e. The van der Waals surface area contributed by atoms with E-state index in [2.05, 4.69) is 0 Å². The molecule has 0 radical (unpaired) electrons. The quantitative estimate of drug-likeness (QED) is 0.632. The predicted molar refractivity (Wildman–Crippen MR) is 74.8 cm³/mol. The van der Waals surface area contributed by atoms with Crippen LogP contribution in [0.1, 0.15) is 23.2 Å². The number of piperidine rings is 1. The number of halogens is 3. The number of hydrogen-bond acceptors (Lipinski definition) is 2. The predicted octanol–water partition coefficient (Wildman–Crippen LogP) is 2.41. The van der Waals surface area contributed by atoms with Crippen LogP contribution in [0.25, 0.3) is 0 Å². The SMILES string of the molecule is O=C(c1cc(I)c(F)cc1F)N1CCC(CO)CC1. The van der Waals surface area contributed by atoms with Crippen LogP contribution in [0.2, 0.25) is 0 Å². The van der Waals surface area contributed by atoms with Gasteiger partial charge in [0, 0.05) is 29.3 Å². The average molecular weight is 381 g/mol. The molecule has 0 aliphatic carbocycles. The Hall–Kier alpha value is -0.760. The molecule has 0 spiro atoms. The third-order valence-electron chi connectivity index (χ3n) is 3.40. The minimum absolute atomic E-state index is 0.0896. The standard InChI is InChI=1S/C13H14F2INO2/c14-10-6-11(15)12(16)5-9(10)13(19)17-3-1-8(7-18)2-4-17/h5-6,8,18H,1-4,7H2. The molecule has 1 heterocycles. The monoisotopic (exact) mass is 381 g/mol. The van der Waals surface area contributed by atoms with Gasteiger partial charge in [-0.2, -0.15) is 0 Å². The number of carbonyl (C=O) groups is 1. The van der Waals surface area contributed by atoms with Gasteiger partial charge in [-0.1, -0.05) is 0 Å². The van der Waals surface area contributed by atoms with Gasteiger partial charge in [0.05, 0.1) is 5.56 Å². The van der Waals surface area contributed by atoms with Gasteiger partial charge < -0.3 is 10.0 Å².